The van der Waals surface area contributed by atoms with Gasteiger partial charge in [0.1, 0.15) is 21.7 Å². The lowest BCUT2D eigenvalue weighted by Crippen LogP contribution is -2.35. The Morgan fingerprint density at radius 1 is 1.35 bits per heavy atom. The Labute approximate surface area is 160 Å². The van der Waals surface area contributed by atoms with Crippen LogP contribution in [0.2, 0.25) is 0 Å². The van der Waals surface area contributed by atoms with Crippen molar-refractivity contribution < 1.29 is 18.3 Å². The maximum atomic E-state index is 13.4. The summed E-state index contributed by atoms with van der Waals surface area (Å²) in [6.45, 7) is 1.24. The Kier molecular flexibility index (Phi) is 4.93. The third kappa shape index (κ3) is 3.60. The first-order chi connectivity index (χ1) is 12.6. The summed E-state index contributed by atoms with van der Waals surface area (Å²) in [5.74, 6) is 0.627. The van der Waals surface area contributed by atoms with Crippen LogP contribution in [-0.4, -0.2) is 34.4 Å². The number of thiocarbonyl (C=S) groups is 1. The summed E-state index contributed by atoms with van der Waals surface area (Å²) in [6.07, 6.45) is 3.70. The molecule has 4 rings (SSSR count). The van der Waals surface area contributed by atoms with E-state index >= 15 is 0 Å². The molecule has 4 nitrogen and oxygen atoms in total. The van der Waals surface area contributed by atoms with Crippen LogP contribution in [0.4, 0.5) is 4.39 Å². The van der Waals surface area contributed by atoms with Gasteiger partial charge in [0.2, 0.25) is 0 Å². The molecule has 2 fully saturated rings. The largest absolute Gasteiger partial charge is 0.457 e. The van der Waals surface area contributed by atoms with Crippen molar-refractivity contribution in [3.8, 4) is 11.3 Å². The molecule has 0 saturated carbocycles. The van der Waals surface area contributed by atoms with Gasteiger partial charge in [-0.1, -0.05) is 36.1 Å². The van der Waals surface area contributed by atoms with E-state index in [2.05, 4.69) is 0 Å². The lowest BCUT2D eigenvalue weighted by atomic mass is 10.2. The zero-order valence-electron chi connectivity index (χ0n) is 13.8. The first kappa shape index (κ1) is 17.5. The number of nitrogens with zero attached hydrogens (tertiary/aromatic N) is 1. The van der Waals surface area contributed by atoms with E-state index in [1.54, 1.807) is 35.2 Å². The lowest BCUT2D eigenvalue weighted by Gasteiger charge is -2.18. The number of hydrogen-bond acceptors (Lipinski definition) is 5. The highest BCUT2D eigenvalue weighted by molar-refractivity contribution is 8.26. The number of furan rings is 1. The fraction of sp³-hybridized carbons (Fsp3) is 0.263. The number of carbonyl (C=O) groups is 1. The van der Waals surface area contributed by atoms with E-state index < -0.39 is 0 Å². The number of rotatable bonds is 4. The number of hydrogen-bond donors (Lipinski definition) is 0. The lowest BCUT2D eigenvalue weighted by molar-refractivity contribution is -0.123. The van der Waals surface area contributed by atoms with E-state index in [1.165, 1.54) is 23.9 Å². The van der Waals surface area contributed by atoms with Crippen LogP contribution in [0.1, 0.15) is 18.6 Å². The highest BCUT2D eigenvalue weighted by atomic mass is 32.2. The Morgan fingerprint density at radius 2 is 2.23 bits per heavy atom. The quantitative estimate of drug-likeness (QED) is 0.570. The van der Waals surface area contributed by atoms with Crippen molar-refractivity contribution in [3.63, 3.8) is 0 Å². The molecule has 0 aliphatic carbocycles. The van der Waals surface area contributed by atoms with Gasteiger partial charge < -0.3 is 9.15 Å². The molecule has 3 heterocycles. The van der Waals surface area contributed by atoms with Gasteiger partial charge >= 0.3 is 0 Å². The summed E-state index contributed by atoms with van der Waals surface area (Å²) in [7, 11) is 0. The van der Waals surface area contributed by atoms with E-state index in [-0.39, 0.29) is 17.8 Å². The molecule has 26 heavy (non-hydrogen) atoms. The van der Waals surface area contributed by atoms with Crippen LogP contribution < -0.4 is 0 Å². The van der Waals surface area contributed by atoms with Crippen LogP contribution >= 0.6 is 24.0 Å². The molecule has 1 aromatic carbocycles. The van der Waals surface area contributed by atoms with Gasteiger partial charge in [-0.3, -0.25) is 9.69 Å². The molecule has 0 spiro atoms. The third-order valence-corrected chi connectivity index (χ3v) is 5.67. The molecule has 0 bridgehead atoms. The van der Waals surface area contributed by atoms with Crippen molar-refractivity contribution in [1.82, 2.24) is 4.90 Å². The molecular weight excluding hydrogens is 373 g/mol. The summed E-state index contributed by atoms with van der Waals surface area (Å²) in [5.41, 5.74) is 0.649. The van der Waals surface area contributed by atoms with Gasteiger partial charge in [0.25, 0.3) is 5.91 Å². The Morgan fingerprint density at radius 3 is 3.00 bits per heavy atom. The SMILES string of the molecule is O=C1/C(=C\c2ccc(-c3cccc(F)c3)o2)SC(=S)N1C[C@H]1CCCO1. The summed E-state index contributed by atoms with van der Waals surface area (Å²) < 4.78 is 25.2. The standard InChI is InChI=1S/C19H16FNO3S2/c20-13-4-1-3-12(9-13)16-7-6-14(24-16)10-17-18(22)21(19(25)26-17)11-15-5-2-8-23-15/h1,3-4,6-7,9-10,15H,2,5,8,11H2/b17-10+/t15-/m1/s1. The van der Waals surface area contributed by atoms with Gasteiger partial charge in [-0.15, -0.1) is 0 Å². The van der Waals surface area contributed by atoms with Gasteiger partial charge in [-0.25, -0.2) is 4.39 Å². The molecule has 2 aliphatic heterocycles. The molecule has 2 aliphatic rings. The maximum Gasteiger partial charge on any atom is 0.266 e. The predicted octanol–water partition coefficient (Wildman–Crippen LogP) is 4.47. The molecule has 1 atom stereocenters. The van der Waals surface area contributed by atoms with Crippen LogP contribution in [0.5, 0.6) is 0 Å². The highest BCUT2D eigenvalue weighted by Gasteiger charge is 2.34. The van der Waals surface area contributed by atoms with E-state index in [4.69, 9.17) is 21.4 Å². The number of carbonyl (C=O) groups excluding carboxylic acids is 1. The molecule has 0 radical (unpaired) electrons. The minimum absolute atomic E-state index is 0.0556. The number of benzene rings is 1. The predicted molar refractivity (Wildman–Crippen MR) is 103 cm³/mol. The van der Waals surface area contributed by atoms with Crippen molar-refractivity contribution in [2.75, 3.05) is 13.2 Å². The third-order valence-electron chi connectivity index (χ3n) is 4.29. The van der Waals surface area contributed by atoms with E-state index in [0.29, 0.717) is 32.9 Å². The summed E-state index contributed by atoms with van der Waals surface area (Å²) in [4.78, 5) is 14.7. The van der Waals surface area contributed by atoms with Crippen LogP contribution in [0, 0.1) is 5.82 Å². The first-order valence-electron chi connectivity index (χ1n) is 8.33. The van der Waals surface area contributed by atoms with Gasteiger partial charge in [-0.05, 0) is 37.1 Å². The number of thioether (sulfide) groups is 1. The monoisotopic (exact) mass is 389 g/mol. The van der Waals surface area contributed by atoms with Crippen LogP contribution in [0.15, 0.2) is 45.7 Å². The topological polar surface area (TPSA) is 42.7 Å². The Bertz CT molecular complexity index is 886. The second kappa shape index (κ2) is 7.34. The van der Waals surface area contributed by atoms with Crippen molar-refractivity contribution >= 4 is 40.3 Å². The van der Waals surface area contributed by atoms with E-state index in [0.717, 1.165) is 19.4 Å². The van der Waals surface area contributed by atoms with E-state index in [1.807, 2.05) is 0 Å². The number of halogens is 1. The minimum atomic E-state index is -0.324. The molecule has 0 N–H and O–H groups in total. The highest BCUT2D eigenvalue weighted by Crippen LogP contribution is 2.34. The number of amides is 1. The fourth-order valence-electron chi connectivity index (χ4n) is 3.01. The molecule has 2 aromatic rings. The number of ether oxygens (including phenoxy) is 1. The molecule has 134 valence electrons. The molecular formula is C19H16FNO3S2. The Balaban J connectivity index is 1.51. The van der Waals surface area contributed by atoms with Crippen LogP contribution in [0.3, 0.4) is 0 Å². The van der Waals surface area contributed by atoms with Gasteiger partial charge in [0.05, 0.1) is 17.6 Å². The van der Waals surface area contributed by atoms with Gasteiger partial charge in [0.15, 0.2) is 0 Å². The fourth-order valence-corrected chi connectivity index (χ4v) is 4.26. The normalized spacial score (nSPS) is 22.0. The zero-order chi connectivity index (χ0) is 18.1. The van der Waals surface area contributed by atoms with Crippen molar-refractivity contribution in [1.29, 1.82) is 0 Å². The van der Waals surface area contributed by atoms with Crippen LogP contribution in [0.25, 0.3) is 17.4 Å². The molecule has 1 aromatic heterocycles. The van der Waals surface area contributed by atoms with Crippen molar-refractivity contribution in [2.45, 2.75) is 18.9 Å². The molecule has 2 saturated heterocycles. The summed E-state index contributed by atoms with van der Waals surface area (Å²) >= 11 is 6.60. The molecule has 0 unspecified atom stereocenters. The zero-order valence-corrected chi connectivity index (χ0v) is 15.4. The van der Waals surface area contributed by atoms with Gasteiger partial charge in [0, 0.05) is 18.2 Å². The average molecular weight is 389 g/mol. The van der Waals surface area contributed by atoms with Crippen molar-refractivity contribution in [2.24, 2.45) is 0 Å². The van der Waals surface area contributed by atoms with Gasteiger partial charge in [-0.2, -0.15) is 0 Å². The first-order valence-corrected chi connectivity index (χ1v) is 9.55. The minimum Gasteiger partial charge on any atom is -0.457 e. The molecule has 7 heteroatoms. The summed E-state index contributed by atoms with van der Waals surface area (Å²) in [5, 5.41) is 0. The van der Waals surface area contributed by atoms with Crippen molar-refractivity contribution in [3.05, 3.63) is 52.9 Å². The second-order valence-electron chi connectivity index (χ2n) is 6.14. The Hall–Kier alpha value is -1.96. The summed E-state index contributed by atoms with van der Waals surface area (Å²) in [6, 6.07) is 9.70. The van der Waals surface area contributed by atoms with E-state index in [9.17, 15) is 9.18 Å². The second-order valence-corrected chi connectivity index (χ2v) is 7.82. The molecule has 1 amide bonds. The smallest absolute Gasteiger partial charge is 0.266 e. The van der Waals surface area contributed by atoms with Crippen LogP contribution in [-0.2, 0) is 9.53 Å². The maximum absolute atomic E-state index is 13.4. The average Bonchev–Trinajstić information content (AvgIpc) is 3.34.